The molecule has 2 atom stereocenters. The van der Waals surface area contributed by atoms with Gasteiger partial charge in [0.2, 0.25) is 0 Å². The maximum absolute atomic E-state index is 11.6. The lowest BCUT2D eigenvalue weighted by Gasteiger charge is -2.37. The van der Waals surface area contributed by atoms with Crippen molar-refractivity contribution >= 4 is 22.7 Å². The number of methoxy groups -OCH3 is 1. The molecule has 0 saturated carbocycles. The Kier molecular flexibility index (Phi) is 5.05. The van der Waals surface area contributed by atoms with Gasteiger partial charge in [0, 0.05) is 43.3 Å². The van der Waals surface area contributed by atoms with Crippen molar-refractivity contribution in [2.75, 3.05) is 25.1 Å². The molecule has 1 aliphatic rings. The van der Waals surface area contributed by atoms with Gasteiger partial charge in [0.05, 0.1) is 24.6 Å². The number of benzene rings is 1. The third-order valence-electron chi connectivity index (χ3n) is 5.24. The highest BCUT2D eigenvalue weighted by atomic mass is 16.5. The van der Waals surface area contributed by atoms with Gasteiger partial charge in [-0.15, -0.1) is 0 Å². The second-order valence-corrected chi connectivity index (χ2v) is 7.61. The van der Waals surface area contributed by atoms with Crippen molar-refractivity contribution in [1.82, 2.24) is 14.9 Å². The minimum absolute atomic E-state index is 0.316. The first-order valence-electron chi connectivity index (χ1n) is 9.66. The Balaban J connectivity index is 1.54. The van der Waals surface area contributed by atoms with Gasteiger partial charge in [-0.2, -0.15) is 0 Å². The molecule has 1 aromatic carbocycles. The zero-order valence-electron chi connectivity index (χ0n) is 16.6. The molecule has 1 fully saturated rings. The van der Waals surface area contributed by atoms with Crippen molar-refractivity contribution in [3.05, 3.63) is 59.9 Å². The molecule has 0 spiro atoms. The molecule has 1 saturated heterocycles. The van der Waals surface area contributed by atoms with E-state index < -0.39 is 0 Å². The minimum Gasteiger partial charge on any atom is -0.465 e. The van der Waals surface area contributed by atoms with Gasteiger partial charge in [-0.25, -0.2) is 9.78 Å². The van der Waals surface area contributed by atoms with E-state index in [0.717, 1.165) is 29.7 Å². The number of nitrogens with zero attached hydrogens (tertiary/aromatic N) is 3. The highest BCUT2D eigenvalue weighted by Crippen LogP contribution is 2.23. The summed E-state index contributed by atoms with van der Waals surface area (Å²) < 4.78 is 6.89. The molecule has 146 valence electrons. The Hall–Kier alpha value is -2.86. The molecule has 0 radical (unpaired) electrons. The predicted octanol–water partition coefficient (Wildman–Crippen LogP) is 3.06. The summed E-state index contributed by atoms with van der Waals surface area (Å²) in [4.78, 5) is 18.7. The molecule has 1 aliphatic heterocycles. The number of fused-ring (bicyclic) bond motifs is 1. The van der Waals surface area contributed by atoms with Gasteiger partial charge in [0.25, 0.3) is 0 Å². The summed E-state index contributed by atoms with van der Waals surface area (Å²) in [5, 5.41) is 4.71. The molecule has 6 heteroatoms. The molecule has 0 aliphatic carbocycles. The molecule has 28 heavy (non-hydrogen) atoms. The first-order chi connectivity index (χ1) is 13.5. The van der Waals surface area contributed by atoms with Gasteiger partial charge >= 0.3 is 5.97 Å². The van der Waals surface area contributed by atoms with Crippen LogP contribution >= 0.6 is 0 Å². The van der Waals surface area contributed by atoms with E-state index in [9.17, 15) is 4.79 Å². The number of carbonyl (C=O) groups excluding carboxylic acids is 1. The largest absolute Gasteiger partial charge is 0.465 e. The van der Waals surface area contributed by atoms with Crippen LogP contribution in [0.1, 0.15) is 29.8 Å². The Labute approximate surface area is 165 Å². The summed E-state index contributed by atoms with van der Waals surface area (Å²) in [7, 11) is 1.39. The van der Waals surface area contributed by atoms with Gasteiger partial charge in [-0.1, -0.05) is 12.1 Å². The fourth-order valence-corrected chi connectivity index (χ4v) is 3.97. The average molecular weight is 378 g/mol. The third kappa shape index (κ3) is 3.73. The number of nitrogens with one attached hydrogen (secondary N) is 1. The molecule has 4 rings (SSSR count). The van der Waals surface area contributed by atoms with Gasteiger partial charge in [-0.05, 0) is 43.7 Å². The number of esters is 1. The van der Waals surface area contributed by atoms with Crippen LogP contribution in [0.4, 0.5) is 5.69 Å². The number of piperazine rings is 1. The second-order valence-electron chi connectivity index (χ2n) is 7.61. The monoisotopic (exact) mass is 378 g/mol. The van der Waals surface area contributed by atoms with Crippen molar-refractivity contribution in [3.8, 4) is 0 Å². The number of hydrogen-bond acceptors (Lipinski definition) is 5. The average Bonchev–Trinajstić information content (AvgIpc) is 3.09. The quantitative estimate of drug-likeness (QED) is 0.707. The molecule has 3 heterocycles. The predicted molar refractivity (Wildman–Crippen MR) is 111 cm³/mol. The van der Waals surface area contributed by atoms with Gasteiger partial charge in [-0.3, -0.25) is 0 Å². The lowest BCUT2D eigenvalue weighted by molar-refractivity contribution is 0.0600. The van der Waals surface area contributed by atoms with E-state index in [-0.39, 0.29) is 5.97 Å². The van der Waals surface area contributed by atoms with Crippen LogP contribution in [0.2, 0.25) is 0 Å². The molecule has 1 N–H and O–H groups in total. The molecular weight excluding hydrogens is 352 g/mol. The van der Waals surface area contributed by atoms with Crippen molar-refractivity contribution in [2.45, 2.75) is 32.5 Å². The maximum atomic E-state index is 11.6. The van der Waals surface area contributed by atoms with E-state index in [1.807, 2.05) is 18.3 Å². The molecule has 2 aromatic heterocycles. The second kappa shape index (κ2) is 7.64. The topological polar surface area (TPSA) is 59.4 Å². The zero-order chi connectivity index (χ0) is 19.7. The first kappa shape index (κ1) is 18.5. The Bertz CT molecular complexity index is 970. The van der Waals surface area contributed by atoms with Crippen molar-refractivity contribution in [2.24, 2.45) is 0 Å². The molecule has 0 amide bonds. The number of anilines is 1. The summed E-state index contributed by atoms with van der Waals surface area (Å²) in [6.07, 6.45) is 4.04. The van der Waals surface area contributed by atoms with Crippen LogP contribution in [0, 0.1) is 0 Å². The zero-order valence-corrected chi connectivity index (χ0v) is 16.6. The molecule has 0 unspecified atom stereocenters. The normalized spacial score (nSPS) is 19.8. The SMILES string of the molecule is COC(=O)c1ccc(Cn2ccc3cc(N4C[C@@H](C)N[C@@H](C)C4)cnc32)cc1. The minimum atomic E-state index is -0.316. The van der Waals surface area contributed by atoms with Crippen LogP contribution in [0.15, 0.2) is 48.8 Å². The van der Waals surface area contributed by atoms with Crippen LogP contribution in [0.5, 0.6) is 0 Å². The van der Waals surface area contributed by atoms with Crippen LogP contribution in [-0.4, -0.2) is 47.8 Å². The van der Waals surface area contributed by atoms with E-state index in [0.29, 0.717) is 24.2 Å². The summed E-state index contributed by atoms with van der Waals surface area (Å²) in [5.41, 5.74) is 3.82. The summed E-state index contributed by atoms with van der Waals surface area (Å²) in [6.45, 7) is 7.13. The van der Waals surface area contributed by atoms with E-state index >= 15 is 0 Å². The Morgan fingerprint density at radius 2 is 1.89 bits per heavy atom. The van der Waals surface area contributed by atoms with Crippen molar-refractivity contribution < 1.29 is 9.53 Å². The molecule has 0 bridgehead atoms. The smallest absolute Gasteiger partial charge is 0.337 e. The third-order valence-corrected chi connectivity index (χ3v) is 5.24. The van der Waals surface area contributed by atoms with Crippen LogP contribution in [-0.2, 0) is 11.3 Å². The van der Waals surface area contributed by atoms with E-state index in [4.69, 9.17) is 9.72 Å². The lowest BCUT2D eigenvalue weighted by atomic mass is 10.1. The van der Waals surface area contributed by atoms with Crippen LogP contribution in [0.25, 0.3) is 11.0 Å². The number of pyridine rings is 1. The standard InChI is InChI=1S/C22H26N4O2/c1-15-12-26(13-16(2)24-15)20-10-19-8-9-25(21(19)23-11-20)14-17-4-6-18(7-5-17)22(27)28-3/h4-11,15-16,24H,12-14H2,1-3H3/t15-,16+. The van der Waals surface area contributed by atoms with Gasteiger partial charge < -0.3 is 19.5 Å². The number of aromatic nitrogens is 2. The highest BCUT2D eigenvalue weighted by molar-refractivity contribution is 5.89. The summed E-state index contributed by atoms with van der Waals surface area (Å²) in [6, 6.07) is 12.8. The Morgan fingerprint density at radius 1 is 1.18 bits per heavy atom. The molecule has 3 aromatic rings. The number of hydrogen-bond donors (Lipinski definition) is 1. The number of rotatable bonds is 4. The fraction of sp³-hybridized carbons (Fsp3) is 0.364. The van der Waals surface area contributed by atoms with Gasteiger partial charge in [0.1, 0.15) is 5.65 Å². The maximum Gasteiger partial charge on any atom is 0.337 e. The number of carbonyl (C=O) groups is 1. The Morgan fingerprint density at radius 3 is 2.57 bits per heavy atom. The first-order valence-corrected chi connectivity index (χ1v) is 9.66. The molecular formula is C22H26N4O2. The number of ether oxygens (including phenoxy) is 1. The van der Waals surface area contributed by atoms with E-state index in [1.165, 1.54) is 12.8 Å². The van der Waals surface area contributed by atoms with E-state index in [1.54, 1.807) is 12.1 Å². The van der Waals surface area contributed by atoms with Crippen molar-refractivity contribution in [3.63, 3.8) is 0 Å². The summed E-state index contributed by atoms with van der Waals surface area (Å²) in [5.74, 6) is -0.316. The van der Waals surface area contributed by atoms with Crippen LogP contribution in [0.3, 0.4) is 0 Å². The lowest BCUT2D eigenvalue weighted by Crippen LogP contribution is -2.54. The highest BCUT2D eigenvalue weighted by Gasteiger charge is 2.21. The van der Waals surface area contributed by atoms with E-state index in [2.05, 4.69) is 47.0 Å². The van der Waals surface area contributed by atoms with Crippen molar-refractivity contribution in [1.29, 1.82) is 0 Å². The van der Waals surface area contributed by atoms with Gasteiger partial charge in [0.15, 0.2) is 0 Å². The fourth-order valence-electron chi connectivity index (χ4n) is 3.97. The van der Waals surface area contributed by atoms with Crippen LogP contribution < -0.4 is 10.2 Å². The molecule has 6 nitrogen and oxygen atoms in total. The summed E-state index contributed by atoms with van der Waals surface area (Å²) >= 11 is 0.